The number of hydrogen-bond donors (Lipinski definition) is 0. The number of nitrogens with zero attached hydrogens (tertiary/aromatic N) is 2. The molecule has 2 fully saturated rings. The molecule has 25 heavy (non-hydrogen) atoms. The van der Waals surface area contributed by atoms with E-state index in [1.807, 2.05) is 6.92 Å². The molecule has 0 radical (unpaired) electrons. The Labute approximate surface area is 145 Å². The Bertz CT molecular complexity index is 724. The van der Waals surface area contributed by atoms with E-state index in [0.29, 0.717) is 18.7 Å². The molecule has 2 heterocycles. The standard InChI is InChI=1S/C16H21F3N2O3S/c1-2-20-6-7-21(15-11-25(22,23)10-14(15)20)9-12-4-3-5-13(8-12)24-16(17,18)19/h3-5,8,14-15H,2,6-7,9-11H2,1H3/t14-,15+/m0/s1. The average Bonchev–Trinajstić information content (AvgIpc) is 2.82. The maximum absolute atomic E-state index is 12.4. The molecule has 0 bridgehead atoms. The Morgan fingerprint density at radius 2 is 1.80 bits per heavy atom. The van der Waals surface area contributed by atoms with Gasteiger partial charge in [-0.05, 0) is 24.2 Å². The summed E-state index contributed by atoms with van der Waals surface area (Å²) in [6.07, 6.45) is -4.73. The second kappa shape index (κ2) is 6.77. The van der Waals surface area contributed by atoms with E-state index in [2.05, 4.69) is 14.5 Å². The van der Waals surface area contributed by atoms with Gasteiger partial charge in [-0.2, -0.15) is 0 Å². The first-order valence-corrected chi connectivity index (χ1v) is 10.0. The molecule has 0 amide bonds. The zero-order valence-electron chi connectivity index (χ0n) is 13.9. The highest BCUT2D eigenvalue weighted by atomic mass is 32.2. The molecular formula is C16H21F3N2O3S. The SMILES string of the molecule is CCN1CCN(Cc2cccc(OC(F)(F)F)c2)[C@@H]2CS(=O)(=O)C[C@@H]21. The predicted molar refractivity (Wildman–Crippen MR) is 87.0 cm³/mol. The summed E-state index contributed by atoms with van der Waals surface area (Å²) in [6, 6.07) is 5.70. The van der Waals surface area contributed by atoms with Gasteiger partial charge < -0.3 is 4.74 Å². The van der Waals surface area contributed by atoms with Crippen LogP contribution in [0.5, 0.6) is 5.75 Å². The van der Waals surface area contributed by atoms with Gasteiger partial charge in [0.2, 0.25) is 0 Å². The second-order valence-corrected chi connectivity index (χ2v) is 8.66. The fourth-order valence-electron chi connectivity index (χ4n) is 3.76. The Morgan fingerprint density at radius 1 is 1.16 bits per heavy atom. The summed E-state index contributed by atoms with van der Waals surface area (Å²) in [4.78, 5) is 4.24. The van der Waals surface area contributed by atoms with E-state index in [1.165, 1.54) is 18.2 Å². The first-order valence-electron chi connectivity index (χ1n) is 8.20. The van der Waals surface area contributed by atoms with Gasteiger partial charge >= 0.3 is 6.36 Å². The zero-order chi connectivity index (χ0) is 18.2. The van der Waals surface area contributed by atoms with Crippen LogP contribution >= 0.6 is 0 Å². The van der Waals surface area contributed by atoms with Crippen molar-refractivity contribution in [3.05, 3.63) is 29.8 Å². The summed E-state index contributed by atoms with van der Waals surface area (Å²) in [7, 11) is -3.09. The van der Waals surface area contributed by atoms with Crippen molar-refractivity contribution in [3.63, 3.8) is 0 Å². The van der Waals surface area contributed by atoms with Gasteiger partial charge in [-0.1, -0.05) is 19.1 Å². The van der Waals surface area contributed by atoms with Crippen LogP contribution in [0.15, 0.2) is 24.3 Å². The number of sulfone groups is 1. The van der Waals surface area contributed by atoms with Crippen molar-refractivity contribution in [2.75, 3.05) is 31.1 Å². The number of halogens is 3. The normalized spacial score (nSPS) is 27.2. The van der Waals surface area contributed by atoms with Gasteiger partial charge in [-0.3, -0.25) is 9.80 Å². The van der Waals surface area contributed by atoms with E-state index in [4.69, 9.17) is 0 Å². The van der Waals surface area contributed by atoms with Crippen LogP contribution in [-0.2, 0) is 16.4 Å². The number of rotatable bonds is 4. The van der Waals surface area contributed by atoms with Crippen LogP contribution in [-0.4, -0.2) is 67.8 Å². The molecule has 0 N–H and O–H groups in total. The molecule has 0 unspecified atom stereocenters. The van der Waals surface area contributed by atoms with Crippen LogP contribution < -0.4 is 4.74 Å². The van der Waals surface area contributed by atoms with E-state index in [0.717, 1.165) is 13.1 Å². The van der Waals surface area contributed by atoms with Gasteiger partial charge in [0.05, 0.1) is 11.5 Å². The van der Waals surface area contributed by atoms with E-state index in [1.54, 1.807) is 6.07 Å². The van der Waals surface area contributed by atoms with Crippen LogP contribution in [0.4, 0.5) is 13.2 Å². The quantitative estimate of drug-likeness (QED) is 0.801. The van der Waals surface area contributed by atoms with E-state index in [-0.39, 0.29) is 29.3 Å². The molecule has 140 valence electrons. The lowest BCUT2D eigenvalue weighted by molar-refractivity contribution is -0.274. The number of alkyl halides is 3. The molecule has 2 atom stereocenters. The van der Waals surface area contributed by atoms with Gasteiger partial charge in [0.15, 0.2) is 9.84 Å². The molecule has 9 heteroatoms. The van der Waals surface area contributed by atoms with Crippen LogP contribution in [0, 0.1) is 0 Å². The lowest BCUT2D eigenvalue weighted by Gasteiger charge is -2.43. The molecule has 0 saturated carbocycles. The monoisotopic (exact) mass is 378 g/mol. The number of hydrogen-bond acceptors (Lipinski definition) is 5. The third kappa shape index (κ3) is 4.45. The molecule has 2 aliphatic heterocycles. The minimum absolute atomic E-state index is 0.0432. The van der Waals surface area contributed by atoms with Gasteiger partial charge in [0.25, 0.3) is 0 Å². The lowest BCUT2D eigenvalue weighted by Crippen LogP contribution is -2.58. The maximum atomic E-state index is 12.4. The topological polar surface area (TPSA) is 49.9 Å². The minimum atomic E-state index is -4.73. The first kappa shape index (κ1) is 18.5. The molecule has 3 rings (SSSR count). The summed E-state index contributed by atoms with van der Waals surface area (Å²) in [5.74, 6) is -0.000587. The van der Waals surface area contributed by atoms with E-state index < -0.39 is 16.2 Å². The predicted octanol–water partition coefficient (Wildman–Crippen LogP) is 1.89. The number of benzene rings is 1. The number of piperazine rings is 1. The highest BCUT2D eigenvalue weighted by Gasteiger charge is 2.45. The molecule has 5 nitrogen and oxygen atoms in total. The summed E-state index contributed by atoms with van der Waals surface area (Å²) >= 11 is 0. The van der Waals surface area contributed by atoms with Crippen LogP contribution in [0.1, 0.15) is 12.5 Å². The van der Waals surface area contributed by atoms with Crippen molar-refractivity contribution in [1.82, 2.24) is 9.80 Å². The van der Waals surface area contributed by atoms with Gasteiger partial charge in [-0.15, -0.1) is 13.2 Å². The van der Waals surface area contributed by atoms with Crippen LogP contribution in [0.25, 0.3) is 0 Å². The molecule has 1 aromatic carbocycles. The molecule has 2 aliphatic rings. The maximum Gasteiger partial charge on any atom is 0.573 e. The molecule has 1 aromatic rings. The second-order valence-electron chi connectivity index (χ2n) is 6.51. The van der Waals surface area contributed by atoms with Crippen molar-refractivity contribution in [3.8, 4) is 5.75 Å². The lowest BCUT2D eigenvalue weighted by atomic mass is 10.0. The Balaban J connectivity index is 1.76. The largest absolute Gasteiger partial charge is 0.573 e. The summed E-state index contributed by atoms with van der Waals surface area (Å²) in [6.45, 7) is 4.65. The van der Waals surface area contributed by atoms with Crippen LogP contribution in [0.3, 0.4) is 0 Å². The zero-order valence-corrected chi connectivity index (χ0v) is 14.7. The minimum Gasteiger partial charge on any atom is -0.406 e. The van der Waals surface area contributed by atoms with E-state index in [9.17, 15) is 21.6 Å². The number of ether oxygens (including phenoxy) is 1. The Kier molecular flexibility index (Phi) is 5.00. The highest BCUT2D eigenvalue weighted by Crippen LogP contribution is 2.29. The fraction of sp³-hybridized carbons (Fsp3) is 0.625. The summed E-state index contributed by atoms with van der Waals surface area (Å²) in [5.41, 5.74) is 0.676. The van der Waals surface area contributed by atoms with Gasteiger partial charge in [0.1, 0.15) is 5.75 Å². The molecule has 0 spiro atoms. The van der Waals surface area contributed by atoms with Gasteiger partial charge in [-0.25, -0.2) is 8.42 Å². The van der Waals surface area contributed by atoms with Gasteiger partial charge in [0, 0.05) is 31.7 Å². The average molecular weight is 378 g/mol. The van der Waals surface area contributed by atoms with Crippen molar-refractivity contribution in [2.45, 2.75) is 31.9 Å². The molecule has 2 saturated heterocycles. The molecule has 0 aliphatic carbocycles. The molecule has 0 aromatic heterocycles. The third-order valence-electron chi connectivity index (χ3n) is 4.83. The Hall–Kier alpha value is -1.32. The smallest absolute Gasteiger partial charge is 0.406 e. The summed E-state index contributed by atoms with van der Waals surface area (Å²) in [5, 5.41) is 0. The number of fused-ring (bicyclic) bond motifs is 1. The fourth-order valence-corrected chi connectivity index (χ4v) is 5.80. The summed E-state index contributed by atoms with van der Waals surface area (Å²) < 4.78 is 65.2. The van der Waals surface area contributed by atoms with Crippen molar-refractivity contribution < 1.29 is 26.3 Å². The first-order chi connectivity index (χ1) is 11.7. The van der Waals surface area contributed by atoms with Crippen molar-refractivity contribution >= 4 is 9.84 Å². The number of likely N-dealkylation sites (N-methyl/N-ethyl adjacent to an activating group) is 1. The van der Waals surface area contributed by atoms with Crippen molar-refractivity contribution in [2.24, 2.45) is 0 Å². The molecular weight excluding hydrogens is 357 g/mol. The highest BCUT2D eigenvalue weighted by molar-refractivity contribution is 7.91. The third-order valence-corrected chi connectivity index (χ3v) is 6.53. The van der Waals surface area contributed by atoms with E-state index >= 15 is 0 Å². The van der Waals surface area contributed by atoms with Crippen LogP contribution in [0.2, 0.25) is 0 Å². The Morgan fingerprint density at radius 3 is 2.44 bits per heavy atom. The van der Waals surface area contributed by atoms with Crippen molar-refractivity contribution in [1.29, 1.82) is 0 Å².